The Bertz CT molecular complexity index is 1160. The summed E-state index contributed by atoms with van der Waals surface area (Å²) in [7, 11) is 3.03. The number of rotatable bonds is 9. The quantitative estimate of drug-likeness (QED) is 0.438. The van der Waals surface area contributed by atoms with Gasteiger partial charge in [0.1, 0.15) is 11.9 Å². The van der Waals surface area contributed by atoms with Crippen LogP contribution in [-0.2, 0) is 16.0 Å². The molecule has 0 bridgehead atoms. The first kappa shape index (κ1) is 24.7. The number of thiophene rings is 1. The summed E-state index contributed by atoms with van der Waals surface area (Å²) in [6.45, 7) is 0. The van der Waals surface area contributed by atoms with E-state index < -0.39 is 11.9 Å². The number of amides is 2. The van der Waals surface area contributed by atoms with Gasteiger partial charge in [-0.05, 0) is 54.1 Å². The van der Waals surface area contributed by atoms with Crippen LogP contribution >= 0.6 is 11.3 Å². The standard InChI is InChI=1S/C27H29FN2O4S/c1-33-23-14-13-18(16-24(23)34-2)26(27(32)29-19-8-3-4-9-19)30(22-12-6-5-11-21(22)28)25(31)17-20-10-7-15-35-20/h5-7,10-16,19,26H,3-4,8-9,17H2,1-2H3,(H,29,32). The molecule has 0 saturated heterocycles. The first-order valence-corrected chi connectivity index (χ1v) is 12.5. The molecule has 1 aromatic heterocycles. The van der Waals surface area contributed by atoms with Gasteiger partial charge in [0.25, 0.3) is 0 Å². The Kier molecular flexibility index (Phi) is 8.02. The molecule has 1 heterocycles. The number of benzene rings is 2. The Morgan fingerprint density at radius 1 is 1.06 bits per heavy atom. The van der Waals surface area contributed by atoms with Crippen LogP contribution in [0, 0.1) is 5.82 Å². The Morgan fingerprint density at radius 3 is 2.46 bits per heavy atom. The summed E-state index contributed by atoms with van der Waals surface area (Å²) in [5.74, 6) is -0.395. The summed E-state index contributed by atoms with van der Waals surface area (Å²) in [4.78, 5) is 29.6. The van der Waals surface area contributed by atoms with Crippen molar-refractivity contribution in [3.8, 4) is 11.5 Å². The van der Waals surface area contributed by atoms with Crippen molar-refractivity contribution >= 4 is 28.8 Å². The van der Waals surface area contributed by atoms with Crippen molar-refractivity contribution in [3.05, 3.63) is 76.2 Å². The van der Waals surface area contributed by atoms with Gasteiger partial charge >= 0.3 is 0 Å². The van der Waals surface area contributed by atoms with Crippen LogP contribution in [0.15, 0.2) is 60.0 Å². The number of carbonyl (C=O) groups is 2. The Balaban J connectivity index is 1.82. The SMILES string of the molecule is COc1ccc(C(C(=O)NC2CCCC2)N(C(=O)Cc2cccs2)c2ccccc2F)cc1OC. The van der Waals surface area contributed by atoms with E-state index in [-0.39, 0.29) is 30.0 Å². The predicted molar refractivity (Wildman–Crippen MR) is 135 cm³/mol. The molecule has 0 aliphatic heterocycles. The van der Waals surface area contributed by atoms with Crippen LogP contribution in [0.5, 0.6) is 11.5 Å². The van der Waals surface area contributed by atoms with Gasteiger partial charge in [-0.3, -0.25) is 14.5 Å². The first-order chi connectivity index (χ1) is 17.0. The van der Waals surface area contributed by atoms with Gasteiger partial charge in [0.2, 0.25) is 11.8 Å². The minimum absolute atomic E-state index is 0.0278. The number of methoxy groups -OCH3 is 2. The second-order valence-electron chi connectivity index (χ2n) is 8.48. The van der Waals surface area contributed by atoms with Crippen molar-refractivity contribution in [1.82, 2.24) is 5.32 Å². The fourth-order valence-electron chi connectivity index (χ4n) is 4.50. The molecule has 8 heteroatoms. The van der Waals surface area contributed by atoms with E-state index in [1.54, 1.807) is 30.3 Å². The molecule has 6 nitrogen and oxygen atoms in total. The fraction of sp³-hybridized carbons (Fsp3) is 0.333. The molecular formula is C27H29FN2O4S. The van der Waals surface area contributed by atoms with Crippen LogP contribution in [0.25, 0.3) is 0 Å². The molecule has 2 amide bonds. The van der Waals surface area contributed by atoms with Gasteiger partial charge < -0.3 is 14.8 Å². The minimum atomic E-state index is -1.10. The molecule has 1 N–H and O–H groups in total. The number of anilines is 1. The minimum Gasteiger partial charge on any atom is -0.493 e. The maximum absolute atomic E-state index is 15.1. The Hall–Kier alpha value is -3.39. The molecule has 184 valence electrons. The molecule has 1 saturated carbocycles. The topological polar surface area (TPSA) is 67.9 Å². The number of carbonyl (C=O) groups excluding carboxylic acids is 2. The molecule has 4 rings (SSSR count). The van der Waals surface area contributed by atoms with E-state index in [4.69, 9.17) is 9.47 Å². The third-order valence-corrected chi connectivity index (χ3v) is 7.09. The van der Waals surface area contributed by atoms with Gasteiger partial charge in [-0.15, -0.1) is 11.3 Å². The number of hydrogen-bond acceptors (Lipinski definition) is 5. The number of para-hydroxylation sites is 1. The summed E-state index contributed by atoms with van der Waals surface area (Å²) in [6, 6.07) is 13.8. The van der Waals surface area contributed by atoms with Gasteiger partial charge in [0, 0.05) is 10.9 Å². The van der Waals surface area contributed by atoms with Crippen LogP contribution in [0.1, 0.15) is 42.2 Å². The van der Waals surface area contributed by atoms with Crippen molar-refractivity contribution in [2.45, 2.75) is 44.2 Å². The zero-order chi connectivity index (χ0) is 24.8. The van der Waals surface area contributed by atoms with Gasteiger partial charge in [-0.2, -0.15) is 0 Å². The molecule has 0 radical (unpaired) electrons. The molecule has 1 unspecified atom stereocenters. The molecule has 0 spiro atoms. The van der Waals surface area contributed by atoms with E-state index in [1.165, 1.54) is 42.6 Å². The van der Waals surface area contributed by atoms with E-state index in [9.17, 15) is 9.59 Å². The maximum Gasteiger partial charge on any atom is 0.248 e. The monoisotopic (exact) mass is 496 g/mol. The van der Waals surface area contributed by atoms with Gasteiger partial charge in [-0.25, -0.2) is 4.39 Å². The highest BCUT2D eigenvalue weighted by atomic mass is 32.1. The predicted octanol–water partition coefficient (Wildman–Crippen LogP) is 5.28. The van der Waals surface area contributed by atoms with Gasteiger partial charge in [-0.1, -0.05) is 37.1 Å². The fourth-order valence-corrected chi connectivity index (χ4v) is 5.20. The number of halogens is 1. The van der Waals surface area contributed by atoms with Crippen LogP contribution in [0.2, 0.25) is 0 Å². The average molecular weight is 497 g/mol. The normalized spacial score (nSPS) is 14.4. The highest BCUT2D eigenvalue weighted by Crippen LogP contribution is 2.36. The largest absolute Gasteiger partial charge is 0.493 e. The molecule has 1 aliphatic rings. The summed E-state index contributed by atoms with van der Waals surface area (Å²) in [6.07, 6.45) is 3.90. The van der Waals surface area contributed by atoms with E-state index in [0.29, 0.717) is 17.1 Å². The van der Waals surface area contributed by atoms with Crippen molar-refractivity contribution in [1.29, 1.82) is 0 Å². The van der Waals surface area contributed by atoms with E-state index in [1.807, 2.05) is 17.5 Å². The lowest BCUT2D eigenvalue weighted by Crippen LogP contribution is -2.47. The van der Waals surface area contributed by atoms with Crippen molar-refractivity contribution < 1.29 is 23.5 Å². The number of hydrogen-bond donors (Lipinski definition) is 1. The summed E-state index contributed by atoms with van der Waals surface area (Å²) in [5, 5.41) is 4.99. The van der Waals surface area contributed by atoms with Crippen molar-refractivity contribution in [2.24, 2.45) is 0 Å². The zero-order valence-corrected chi connectivity index (χ0v) is 20.6. The van der Waals surface area contributed by atoms with Gasteiger partial charge in [0.15, 0.2) is 11.5 Å². The Morgan fingerprint density at radius 2 is 1.80 bits per heavy atom. The third-order valence-electron chi connectivity index (χ3n) is 6.22. The number of nitrogens with one attached hydrogen (secondary N) is 1. The summed E-state index contributed by atoms with van der Waals surface area (Å²) >= 11 is 1.44. The lowest BCUT2D eigenvalue weighted by Gasteiger charge is -2.32. The zero-order valence-electron chi connectivity index (χ0n) is 19.8. The molecule has 1 aliphatic carbocycles. The van der Waals surface area contributed by atoms with Crippen LogP contribution in [0.3, 0.4) is 0 Å². The lowest BCUT2D eigenvalue weighted by molar-refractivity contribution is -0.127. The Labute approximate surface area is 208 Å². The van der Waals surface area contributed by atoms with E-state index in [0.717, 1.165) is 30.6 Å². The number of nitrogens with zero attached hydrogens (tertiary/aromatic N) is 1. The van der Waals surface area contributed by atoms with E-state index >= 15 is 4.39 Å². The first-order valence-electron chi connectivity index (χ1n) is 11.6. The van der Waals surface area contributed by atoms with Crippen LogP contribution in [0.4, 0.5) is 10.1 Å². The maximum atomic E-state index is 15.1. The molecule has 3 aromatic rings. The highest BCUT2D eigenvalue weighted by Gasteiger charge is 2.36. The van der Waals surface area contributed by atoms with Crippen molar-refractivity contribution in [3.63, 3.8) is 0 Å². The number of ether oxygens (including phenoxy) is 2. The smallest absolute Gasteiger partial charge is 0.248 e. The molecule has 1 fully saturated rings. The highest BCUT2D eigenvalue weighted by molar-refractivity contribution is 7.10. The third kappa shape index (κ3) is 5.65. The van der Waals surface area contributed by atoms with Crippen LogP contribution in [-0.4, -0.2) is 32.1 Å². The molecular weight excluding hydrogens is 467 g/mol. The average Bonchev–Trinajstić information content (AvgIpc) is 3.57. The molecule has 35 heavy (non-hydrogen) atoms. The van der Waals surface area contributed by atoms with Crippen LogP contribution < -0.4 is 19.7 Å². The van der Waals surface area contributed by atoms with Crippen molar-refractivity contribution in [2.75, 3.05) is 19.1 Å². The second-order valence-corrected chi connectivity index (χ2v) is 9.51. The molecule has 2 aromatic carbocycles. The van der Waals surface area contributed by atoms with Gasteiger partial charge in [0.05, 0.1) is 26.3 Å². The summed E-state index contributed by atoms with van der Waals surface area (Å²) in [5.41, 5.74) is 0.552. The second kappa shape index (κ2) is 11.4. The summed E-state index contributed by atoms with van der Waals surface area (Å²) < 4.78 is 25.9. The molecule has 1 atom stereocenters. The van der Waals surface area contributed by atoms with E-state index in [2.05, 4.69) is 5.32 Å². The lowest BCUT2D eigenvalue weighted by atomic mass is 10.0.